The molecule has 3 aromatic heterocycles. The summed E-state index contributed by atoms with van der Waals surface area (Å²) >= 11 is 0. The molecule has 0 bridgehead atoms. The van der Waals surface area contributed by atoms with Gasteiger partial charge in [-0.25, -0.2) is 9.67 Å². The van der Waals surface area contributed by atoms with Gasteiger partial charge in [-0.15, -0.1) is 0 Å². The Hall–Kier alpha value is -2.96. The van der Waals surface area contributed by atoms with Gasteiger partial charge in [-0.2, -0.15) is 10.2 Å². The quantitative estimate of drug-likeness (QED) is 0.756. The lowest BCUT2D eigenvalue weighted by molar-refractivity contribution is -0.127. The summed E-state index contributed by atoms with van der Waals surface area (Å²) in [4.78, 5) is 17.4. The molecule has 0 aromatic carbocycles. The third-order valence-electron chi connectivity index (χ3n) is 5.71. The molecular weight excluding hydrogens is 340 g/mol. The van der Waals surface area contributed by atoms with E-state index in [0.29, 0.717) is 6.54 Å². The third kappa shape index (κ3) is 2.93. The minimum absolute atomic E-state index is 0.0220. The summed E-state index contributed by atoms with van der Waals surface area (Å²) in [7, 11) is 0. The molecule has 0 saturated heterocycles. The highest BCUT2D eigenvalue weighted by Crippen LogP contribution is 2.48. The highest BCUT2D eigenvalue weighted by Gasteiger charge is 2.51. The Labute approximate surface area is 157 Å². The van der Waals surface area contributed by atoms with Gasteiger partial charge in [0.2, 0.25) is 5.91 Å². The van der Waals surface area contributed by atoms with Gasteiger partial charge in [-0.3, -0.25) is 9.48 Å². The Morgan fingerprint density at radius 1 is 1.22 bits per heavy atom. The van der Waals surface area contributed by atoms with Crippen molar-refractivity contribution in [2.24, 2.45) is 5.41 Å². The molecule has 1 fully saturated rings. The molecule has 3 aromatic rings. The number of amides is 1. The first-order valence-corrected chi connectivity index (χ1v) is 9.52. The molecule has 2 aliphatic carbocycles. The fraction of sp³-hybridized carbons (Fsp3) is 0.400. The highest BCUT2D eigenvalue weighted by molar-refractivity contribution is 5.85. The van der Waals surface area contributed by atoms with E-state index in [9.17, 15) is 4.79 Å². The lowest BCUT2D eigenvalue weighted by atomic mass is 9.92. The van der Waals surface area contributed by atoms with Crippen LogP contribution in [-0.2, 0) is 17.8 Å². The fourth-order valence-electron chi connectivity index (χ4n) is 4.01. The number of hydrogen-bond donors (Lipinski definition) is 1. The van der Waals surface area contributed by atoms with Crippen molar-refractivity contribution in [3.8, 4) is 5.82 Å². The van der Waals surface area contributed by atoms with Crippen LogP contribution in [-0.4, -0.2) is 30.5 Å². The topological polar surface area (TPSA) is 77.6 Å². The standard InChI is InChI=1S/C20H22N6O/c27-19(20(8-9-20)14-25-12-4-11-22-25)24-16-5-3-6-17-15(16)13-23-26(17)18-7-1-2-10-21-18/h1-2,4,7,10-13,16H,3,5-6,8-9,14H2,(H,24,27). The van der Waals surface area contributed by atoms with Crippen LogP contribution in [0.15, 0.2) is 49.1 Å². The first-order valence-electron chi connectivity index (χ1n) is 9.52. The first-order chi connectivity index (χ1) is 13.3. The van der Waals surface area contributed by atoms with E-state index in [0.717, 1.165) is 49.2 Å². The summed E-state index contributed by atoms with van der Waals surface area (Å²) in [6.07, 6.45) is 12.1. The monoisotopic (exact) mass is 362 g/mol. The number of aromatic nitrogens is 5. The van der Waals surface area contributed by atoms with Crippen molar-refractivity contribution in [2.45, 2.75) is 44.7 Å². The SMILES string of the molecule is O=C(NC1CCCc2c1cnn2-c1ccccn1)C1(Cn2cccn2)CC1. The number of nitrogens with zero attached hydrogens (tertiary/aromatic N) is 5. The number of carbonyl (C=O) groups is 1. The Bertz CT molecular complexity index is 942. The van der Waals surface area contributed by atoms with Crippen molar-refractivity contribution in [1.82, 2.24) is 29.9 Å². The molecule has 1 saturated carbocycles. The molecule has 5 rings (SSSR count). The molecule has 2 aliphatic rings. The van der Waals surface area contributed by atoms with E-state index < -0.39 is 0 Å². The number of hydrogen-bond acceptors (Lipinski definition) is 4. The molecule has 138 valence electrons. The number of pyridine rings is 1. The Morgan fingerprint density at radius 3 is 2.89 bits per heavy atom. The summed E-state index contributed by atoms with van der Waals surface area (Å²) in [5, 5.41) is 12.1. The van der Waals surface area contributed by atoms with E-state index in [1.54, 1.807) is 12.4 Å². The molecule has 1 N–H and O–H groups in total. The van der Waals surface area contributed by atoms with E-state index in [4.69, 9.17) is 0 Å². The lowest BCUT2D eigenvalue weighted by Gasteiger charge is -2.26. The van der Waals surface area contributed by atoms with Crippen LogP contribution in [0, 0.1) is 5.41 Å². The summed E-state index contributed by atoms with van der Waals surface area (Å²) in [6.45, 7) is 0.651. The van der Waals surface area contributed by atoms with Gasteiger partial charge in [-0.1, -0.05) is 6.07 Å². The Morgan fingerprint density at radius 2 is 2.15 bits per heavy atom. The molecule has 7 nitrogen and oxygen atoms in total. The van der Waals surface area contributed by atoms with Gasteiger partial charge >= 0.3 is 0 Å². The Balaban J connectivity index is 1.36. The third-order valence-corrected chi connectivity index (χ3v) is 5.71. The predicted molar refractivity (Wildman–Crippen MR) is 99.1 cm³/mol. The number of nitrogens with one attached hydrogen (secondary N) is 1. The molecular formula is C20H22N6O. The van der Waals surface area contributed by atoms with Crippen LogP contribution >= 0.6 is 0 Å². The van der Waals surface area contributed by atoms with Crippen LogP contribution in [0.3, 0.4) is 0 Å². The molecule has 3 heterocycles. The fourth-order valence-corrected chi connectivity index (χ4v) is 4.01. The second-order valence-corrected chi connectivity index (χ2v) is 7.55. The molecule has 0 spiro atoms. The summed E-state index contributed by atoms with van der Waals surface area (Å²) in [5.74, 6) is 0.963. The minimum Gasteiger partial charge on any atom is -0.349 e. The maximum atomic E-state index is 13.0. The molecule has 1 unspecified atom stereocenters. The lowest BCUT2D eigenvalue weighted by Crippen LogP contribution is -2.38. The normalized spacial score (nSPS) is 20.1. The zero-order valence-corrected chi connectivity index (χ0v) is 15.1. The minimum atomic E-state index is -0.305. The zero-order chi connectivity index (χ0) is 18.3. The van der Waals surface area contributed by atoms with Crippen molar-refractivity contribution >= 4 is 5.91 Å². The second-order valence-electron chi connectivity index (χ2n) is 7.55. The number of carbonyl (C=O) groups excluding carboxylic acids is 1. The van der Waals surface area contributed by atoms with Gasteiger partial charge in [0, 0.05) is 24.2 Å². The van der Waals surface area contributed by atoms with Crippen molar-refractivity contribution < 1.29 is 4.79 Å². The number of rotatable bonds is 5. The highest BCUT2D eigenvalue weighted by atomic mass is 16.2. The summed E-state index contributed by atoms with van der Waals surface area (Å²) in [5.41, 5.74) is 1.97. The average molecular weight is 362 g/mol. The van der Waals surface area contributed by atoms with E-state index in [-0.39, 0.29) is 17.4 Å². The maximum absolute atomic E-state index is 13.0. The predicted octanol–water partition coefficient (Wildman–Crippen LogP) is 2.44. The van der Waals surface area contributed by atoms with Gasteiger partial charge in [-0.05, 0) is 50.3 Å². The van der Waals surface area contributed by atoms with Gasteiger partial charge in [0.1, 0.15) is 0 Å². The van der Waals surface area contributed by atoms with Crippen LogP contribution in [0.25, 0.3) is 5.82 Å². The maximum Gasteiger partial charge on any atom is 0.228 e. The second kappa shape index (κ2) is 6.33. The van der Waals surface area contributed by atoms with Crippen LogP contribution in [0.1, 0.15) is 43.0 Å². The summed E-state index contributed by atoms with van der Waals surface area (Å²) < 4.78 is 3.77. The smallest absolute Gasteiger partial charge is 0.228 e. The van der Waals surface area contributed by atoms with E-state index in [2.05, 4.69) is 20.5 Å². The van der Waals surface area contributed by atoms with E-state index in [1.165, 1.54) is 0 Å². The largest absolute Gasteiger partial charge is 0.349 e. The van der Waals surface area contributed by atoms with Gasteiger partial charge in [0.25, 0.3) is 0 Å². The molecule has 1 atom stereocenters. The van der Waals surface area contributed by atoms with Gasteiger partial charge in [0.15, 0.2) is 5.82 Å². The molecule has 0 aliphatic heterocycles. The van der Waals surface area contributed by atoms with E-state index in [1.807, 2.05) is 46.0 Å². The number of fused-ring (bicyclic) bond motifs is 1. The van der Waals surface area contributed by atoms with Crippen LogP contribution < -0.4 is 5.32 Å². The molecule has 7 heteroatoms. The van der Waals surface area contributed by atoms with Crippen molar-refractivity contribution in [3.05, 3.63) is 60.3 Å². The van der Waals surface area contributed by atoms with Crippen LogP contribution in [0.2, 0.25) is 0 Å². The van der Waals surface area contributed by atoms with Gasteiger partial charge < -0.3 is 5.32 Å². The molecule has 1 amide bonds. The molecule has 27 heavy (non-hydrogen) atoms. The van der Waals surface area contributed by atoms with E-state index >= 15 is 0 Å². The van der Waals surface area contributed by atoms with Crippen LogP contribution in [0.5, 0.6) is 0 Å². The molecule has 0 radical (unpaired) electrons. The first kappa shape index (κ1) is 16.2. The van der Waals surface area contributed by atoms with Crippen LogP contribution in [0.4, 0.5) is 0 Å². The average Bonchev–Trinajstić information content (AvgIpc) is 3.10. The van der Waals surface area contributed by atoms with Crippen molar-refractivity contribution in [1.29, 1.82) is 0 Å². The zero-order valence-electron chi connectivity index (χ0n) is 15.1. The van der Waals surface area contributed by atoms with Gasteiger partial charge in [0.05, 0.1) is 29.9 Å². The summed E-state index contributed by atoms with van der Waals surface area (Å²) in [6, 6.07) is 7.74. The Kier molecular flexibility index (Phi) is 3.81. The van der Waals surface area contributed by atoms with Crippen molar-refractivity contribution in [2.75, 3.05) is 0 Å². The van der Waals surface area contributed by atoms with Crippen molar-refractivity contribution in [3.63, 3.8) is 0 Å².